The van der Waals surface area contributed by atoms with E-state index in [2.05, 4.69) is 46.3 Å². The Morgan fingerprint density at radius 2 is 1.79 bits per heavy atom. The summed E-state index contributed by atoms with van der Waals surface area (Å²) < 4.78 is 0. The van der Waals surface area contributed by atoms with Gasteiger partial charge in [-0.3, -0.25) is 0 Å². The monoisotopic (exact) mass is 252 g/mol. The van der Waals surface area contributed by atoms with E-state index in [4.69, 9.17) is 0 Å². The lowest BCUT2D eigenvalue weighted by molar-refractivity contribution is 0.502. The lowest BCUT2D eigenvalue weighted by Crippen LogP contribution is -1.98. The molecule has 1 saturated carbocycles. The van der Waals surface area contributed by atoms with E-state index in [9.17, 15) is 0 Å². The van der Waals surface area contributed by atoms with E-state index in [0.717, 1.165) is 5.92 Å². The summed E-state index contributed by atoms with van der Waals surface area (Å²) in [6.07, 6.45) is 7.08. The molecule has 1 atom stereocenters. The first-order valence-corrected chi connectivity index (χ1v) is 6.47. The van der Waals surface area contributed by atoms with Crippen molar-refractivity contribution < 1.29 is 0 Å². The zero-order valence-electron chi connectivity index (χ0n) is 8.45. The molecular weight excluding hydrogens is 236 g/mol. The van der Waals surface area contributed by atoms with Crippen LogP contribution in [0.5, 0.6) is 0 Å². The van der Waals surface area contributed by atoms with Crippen molar-refractivity contribution >= 4 is 15.9 Å². The van der Waals surface area contributed by atoms with Gasteiger partial charge >= 0.3 is 0 Å². The van der Waals surface area contributed by atoms with E-state index in [1.54, 1.807) is 0 Å². The first-order valence-electron chi connectivity index (χ1n) is 5.55. The molecule has 2 rings (SSSR count). The van der Waals surface area contributed by atoms with Gasteiger partial charge in [0.1, 0.15) is 0 Å². The Bertz CT molecular complexity index is 262. The van der Waals surface area contributed by atoms with E-state index >= 15 is 0 Å². The highest BCUT2D eigenvalue weighted by Crippen LogP contribution is 2.36. The summed E-state index contributed by atoms with van der Waals surface area (Å²) >= 11 is 3.80. The molecule has 76 valence electrons. The van der Waals surface area contributed by atoms with Crippen LogP contribution in [0.25, 0.3) is 0 Å². The minimum Gasteiger partial charge on any atom is -0.0839 e. The fourth-order valence-electron chi connectivity index (χ4n) is 2.34. The normalized spacial score (nSPS) is 19.8. The number of alkyl halides is 1. The Labute approximate surface area is 94.8 Å². The van der Waals surface area contributed by atoms with Crippen LogP contribution in [0.15, 0.2) is 30.3 Å². The van der Waals surface area contributed by atoms with E-state index in [0.29, 0.717) is 4.83 Å². The molecule has 0 amide bonds. The van der Waals surface area contributed by atoms with Gasteiger partial charge in [-0.1, -0.05) is 71.9 Å². The molecule has 1 aromatic carbocycles. The Kier molecular flexibility index (Phi) is 3.63. The van der Waals surface area contributed by atoms with Gasteiger partial charge in [0, 0.05) is 4.83 Å². The van der Waals surface area contributed by atoms with Gasteiger partial charge in [-0.15, -0.1) is 0 Å². The van der Waals surface area contributed by atoms with Crippen LogP contribution in [-0.2, 0) is 0 Å². The van der Waals surface area contributed by atoms with Crippen molar-refractivity contribution in [2.75, 3.05) is 0 Å². The van der Waals surface area contributed by atoms with Crippen molar-refractivity contribution in [3.63, 3.8) is 0 Å². The number of hydrogen-bond acceptors (Lipinski definition) is 0. The van der Waals surface area contributed by atoms with Gasteiger partial charge in [-0.05, 0) is 17.9 Å². The van der Waals surface area contributed by atoms with Crippen LogP contribution in [0.2, 0.25) is 0 Å². The van der Waals surface area contributed by atoms with Crippen molar-refractivity contribution in [3.8, 4) is 0 Å². The molecule has 0 aromatic heterocycles. The largest absolute Gasteiger partial charge is 0.0839 e. The topological polar surface area (TPSA) is 0 Å². The predicted octanol–water partition coefficient (Wildman–Crippen LogP) is 4.70. The van der Waals surface area contributed by atoms with Crippen LogP contribution in [0.3, 0.4) is 0 Å². The number of halogens is 1. The first-order chi connectivity index (χ1) is 6.86. The summed E-state index contributed by atoms with van der Waals surface area (Å²) in [6, 6.07) is 10.8. The van der Waals surface area contributed by atoms with Crippen LogP contribution in [0.1, 0.15) is 42.5 Å². The zero-order valence-corrected chi connectivity index (χ0v) is 10.0. The average Bonchev–Trinajstić information content (AvgIpc) is 2.72. The molecule has 1 heteroatoms. The highest BCUT2D eigenvalue weighted by Gasteiger charge is 2.19. The number of benzene rings is 1. The van der Waals surface area contributed by atoms with Gasteiger partial charge < -0.3 is 0 Å². The Morgan fingerprint density at radius 1 is 1.14 bits per heavy atom. The SMILES string of the molecule is BrC(CC1CCCC1)c1ccccc1. The van der Waals surface area contributed by atoms with E-state index in [1.165, 1.54) is 37.7 Å². The van der Waals surface area contributed by atoms with Gasteiger partial charge in [0.05, 0.1) is 0 Å². The summed E-state index contributed by atoms with van der Waals surface area (Å²) in [4.78, 5) is 0.562. The molecule has 0 radical (unpaired) electrons. The third-order valence-corrected chi connectivity index (χ3v) is 4.08. The molecule has 0 N–H and O–H groups in total. The molecule has 14 heavy (non-hydrogen) atoms. The second-order valence-electron chi connectivity index (χ2n) is 4.26. The predicted molar refractivity (Wildman–Crippen MR) is 64.7 cm³/mol. The third kappa shape index (κ3) is 2.60. The van der Waals surface area contributed by atoms with Crippen LogP contribution in [-0.4, -0.2) is 0 Å². The van der Waals surface area contributed by atoms with Crippen molar-refractivity contribution in [2.24, 2.45) is 5.92 Å². The molecule has 1 unspecified atom stereocenters. The van der Waals surface area contributed by atoms with Crippen LogP contribution in [0.4, 0.5) is 0 Å². The molecule has 0 nitrogen and oxygen atoms in total. The fraction of sp³-hybridized carbons (Fsp3) is 0.538. The summed E-state index contributed by atoms with van der Waals surface area (Å²) in [5.41, 5.74) is 1.43. The minimum absolute atomic E-state index is 0.562. The van der Waals surface area contributed by atoms with Gasteiger partial charge in [0.25, 0.3) is 0 Å². The first kappa shape index (κ1) is 10.2. The molecule has 1 aromatic rings. The highest BCUT2D eigenvalue weighted by atomic mass is 79.9. The lowest BCUT2D eigenvalue weighted by atomic mass is 9.98. The van der Waals surface area contributed by atoms with Crippen LogP contribution < -0.4 is 0 Å². The van der Waals surface area contributed by atoms with Crippen LogP contribution in [0, 0.1) is 5.92 Å². The molecule has 1 fully saturated rings. The highest BCUT2D eigenvalue weighted by molar-refractivity contribution is 9.09. The van der Waals surface area contributed by atoms with Crippen LogP contribution >= 0.6 is 15.9 Å². The molecule has 0 heterocycles. The van der Waals surface area contributed by atoms with E-state index < -0.39 is 0 Å². The van der Waals surface area contributed by atoms with Crippen molar-refractivity contribution in [1.82, 2.24) is 0 Å². The Balaban J connectivity index is 1.92. The zero-order chi connectivity index (χ0) is 9.80. The molecule has 0 spiro atoms. The molecule has 0 bridgehead atoms. The van der Waals surface area contributed by atoms with E-state index in [-0.39, 0.29) is 0 Å². The lowest BCUT2D eigenvalue weighted by Gasteiger charge is -2.14. The molecule has 0 aliphatic heterocycles. The summed E-state index contributed by atoms with van der Waals surface area (Å²) in [5, 5.41) is 0. The molecule has 1 aliphatic carbocycles. The Hall–Kier alpha value is -0.300. The quantitative estimate of drug-likeness (QED) is 0.685. The van der Waals surface area contributed by atoms with Gasteiger partial charge in [-0.25, -0.2) is 0 Å². The summed E-state index contributed by atoms with van der Waals surface area (Å²) in [7, 11) is 0. The standard InChI is InChI=1S/C13H17Br/c14-13(10-11-6-4-5-7-11)12-8-2-1-3-9-12/h1-3,8-9,11,13H,4-7,10H2. The van der Waals surface area contributed by atoms with Gasteiger partial charge in [-0.2, -0.15) is 0 Å². The molecule has 0 saturated heterocycles. The minimum atomic E-state index is 0.562. The van der Waals surface area contributed by atoms with Crippen molar-refractivity contribution in [2.45, 2.75) is 36.9 Å². The maximum Gasteiger partial charge on any atom is 0.0397 e. The summed E-state index contributed by atoms with van der Waals surface area (Å²) in [6.45, 7) is 0. The number of rotatable bonds is 3. The van der Waals surface area contributed by atoms with Gasteiger partial charge in [0.2, 0.25) is 0 Å². The van der Waals surface area contributed by atoms with Crippen molar-refractivity contribution in [1.29, 1.82) is 0 Å². The molecular formula is C13H17Br. The van der Waals surface area contributed by atoms with Crippen molar-refractivity contribution in [3.05, 3.63) is 35.9 Å². The third-order valence-electron chi connectivity index (χ3n) is 3.18. The average molecular weight is 253 g/mol. The fourth-order valence-corrected chi connectivity index (χ4v) is 3.17. The second-order valence-corrected chi connectivity index (χ2v) is 5.37. The smallest absolute Gasteiger partial charge is 0.0397 e. The number of hydrogen-bond donors (Lipinski definition) is 0. The maximum atomic E-state index is 3.80. The Morgan fingerprint density at radius 3 is 2.43 bits per heavy atom. The second kappa shape index (κ2) is 4.97. The maximum absolute atomic E-state index is 3.80. The summed E-state index contributed by atoms with van der Waals surface area (Å²) in [5.74, 6) is 0.958. The molecule has 1 aliphatic rings. The van der Waals surface area contributed by atoms with E-state index in [1.807, 2.05) is 0 Å². The van der Waals surface area contributed by atoms with Gasteiger partial charge in [0.15, 0.2) is 0 Å².